The van der Waals surface area contributed by atoms with Crippen molar-refractivity contribution in [1.82, 2.24) is 15.1 Å². The van der Waals surface area contributed by atoms with Crippen molar-refractivity contribution in [1.29, 1.82) is 0 Å². The number of nitrogens with one attached hydrogen (secondary N) is 2. The largest absolute Gasteiger partial charge is 0.381 e. The van der Waals surface area contributed by atoms with E-state index in [9.17, 15) is 14.4 Å². The molecule has 2 unspecified atom stereocenters. The number of halogens is 1. The van der Waals surface area contributed by atoms with Crippen LogP contribution >= 0.6 is 0 Å². The minimum atomic E-state index is -2.95. The molecule has 2 atom stereocenters. The van der Waals surface area contributed by atoms with Crippen molar-refractivity contribution in [3.8, 4) is 0 Å². The summed E-state index contributed by atoms with van der Waals surface area (Å²) in [7, 11) is 0. The van der Waals surface area contributed by atoms with E-state index >= 15 is 4.39 Å². The van der Waals surface area contributed by atoms with E-state index in [-0.39, 0.29) is 37.1 Å². The lowest BCUT2D eigenvalue weighted by Crippen LogP contribution is -2.56. The Kier molecular flexibility index (Phi) is 4.65. The quantitative estimate of drug-likeness (QED) is 0.555. The summed E-state index contributed by atoms with van der Waals surface area (Å²) in [6.07, 6.45) is -0.240. The lowest BCUT2D eigenvalue weighted by Gasteiger charge is -2.47. The highest BCUT2D eigenvalue weighted by molar-refractivity contribution is 6.06. The van der Waals surface area contributed by atoms with Crippen molar-refractivity contribution in [2.24, 2.45) is 0 Å². The SMILES string of the molecule is [2H]C1(N2Cc3c(NCc4cc(CN5C([2H])([2H])C(C)(C)OC(C)(C([2H])([2H])[2H])C5([2H])[2H])ccc4F)cccc3C2=O)CCC(=O)NC1=O. The van der Waals surface area contributed by atoms with E-state index in [4.69, 9.17) is 15.7 Å². The normalized spacial score (nSPS) is 33.4. The molecule has 3 heterocycles. The second kappa shape index (κ2) is 9.78. The topological polar surface area (TPSA) is 91.0 Å². The molecule has 8 nitrogen and oxygen atoms in total. The first-order valence-corrected chi connectivity index (χ1v) is 12.3. The van der Waals surface area contributed by atoms with Crippen LogP contribution in [0.3, 0.4) is 0 Å². The maximum Gasteiger partial charge on any atom is 0.255 e. The minimum Gasteiger partial charge on any atom is -0.381 e. The van der Waals surface area contributed by atoms with E-state index in [1.807, 2.05) is 0 Å². The van der Waals surface area contributed by atoms with Crippen molar-refractivity contribution in [3.05, 3.63) is 64.5 Å². The van der Waals surface area contributed by atoms with Gasteiger partial charge in [0.05, 0.1) is 12.6 Å². The second-order valence-corrected chi connectivity index (χ2v) is 10.3. The third-order valence-corrected chi connectivity index (χ3v) is 6.53. The summed E-state index contributed by atoms with van der Waals surface area (Å²) in [4.78, 5) is 39.4. The molecular formula is C29H35FN4O4. The number of morpholine rings is 1. The first kappa shape index (κ1) is 18.1. The van der Waals surface area contributed by atoms with Crippen molar-refractivity contribution >= 4 is 23.4 Å². The number of carbonyl (C=O) groups is 3. The van der Waals surface area contributed by atoms with Crippen LogP contribution in [0.1, 0.15) is 78.5 Å². The number of hydrogen-bond donors (Lipinski definition) is 2. The zero-order valence-corrected chi connectivity index (χ0v) is 21.4. The molecule has 2 saturated heterocycles. The zero-order chi connectivity index (χ0) is 34.3. The first-order valence-electron chi connectivity index (χ1n) is 16.3. The van der Waals surface area contributed by atoms with E-state index in [2.05, 4.69) is 10.6 Å². The molecule has 9 heteroatoms. The lowest BCUT2D eigenvalue weighted by atomic mass is 9.98. The molecule has 2 N–H and O–H groups in total. The van der Waals surface area contributed by atoms with Gasteiger partial charge in [-0.3, -0.25) is 24.6 Å². The standard InChI is InChI=1S/C29H35FN4O4/c1-28(2)16-33(17-29(3,4)38-28)14-18-8-9-22(30)19(12-18)13-31-23-7-5-6-20-21(23)15-34(27(20)37)24-10-11-25(35)32-26(24)36/h5-9,12,24,31H,10-11,13-17H2,1-4H3,(H,32,35,36)/i1D3,16D2,17D2,24D. The number of imide groups is 1. The van der Waals surface area contributed by atoms with Crippen LogP contribution in [-0.4, -0.2) is 57.7 Å². The molecule has 0 aliphatic carbocycles. The van der Waals surface area contributed by atoms with E-state index < -0.39 is 67.1 Å². The van der Waals surface area contributed by atoms with E-state index in [1.54, 1.807) is 18.2 Å². The number of ether oxygens (including phenoxy) is 1. The molecule has 0 aromatic heterocycles. The Morgan fingerprint density at radius 3 is 2.76 bits per heavy atom. The molecule has 5 rings (SSSR count). The van der Waals surface area contributed by atoms with Gasteiger partial charge in [0.1, 0.15) is 11.8 Å². The molecule has 0 saturated carbocycles. The molecule has 2 aromatic rings. The third-order valence-electron chi connectivity index (χ3n) is 6.53. The van der Waals surface area contributed by atoms with Gasteiger partial charge in [-0.1, -0.05) is 12.1 Å². The summed E-state index contributed by atoms with van der Waals surface area (Å²) in [6, 6.07) is 6.78. The number of piperidine rings is 1. The Labute approximate surface area is 233 Å². The molecule has 38 heavy (non-hydrogen) atoms. The Morgan fingerprint density at radius 1 is 1.21 bits per heavy atom. The van der Waals surface area contributed by atoms with E-state index in [1.165, 1.54) is 26.0 Å². The van der Waals surface area contributed by atoms with Crippen LogP contribution in [0.25, 0.3) is 0 Å². The van der Waals surface area contributed by atoms with Crippen LogP contribution in [0.4, 0.5) is 10.1 Å². The number of benzene rings is 2. The van der Waals surface area contributed by atoms with Gasteiger partial charge in [-0.05, 0) is 63.9 Å². The molecule has 2 aromatic carbocycles. The summed E-state index contributed by atoms with van der Waals surface area (Å²) in [5.41, 5.74) is -2.50. The van der Waals surface area contributed by atoms with Gasteiger partial charge in [0.25, 0.3) is 5.91 Å². The summed E-state index contributed by atoms with van der Waals surface area (Å²) in [5.74, 6) is -2.56. The number of rotatable bonds is 6. The Bertz CT molecular complexity index is 1620. The van der Waals surface area contributed by atoms with E-state index in [0.717, 1.165) is 22.8 Å². The number of nitrogens with zero attached hydrogens (tertiary/aromatic N) is 2. The molecular weight excluding hydrogens is 487 g/mol. The highest BCUT2D eigenvalue weighted by Gasteiger charge is 2.40. The fourth-order valence-corrected chi connectivity index (χ4v) is 5.06. The zero-order valence-electron chi connectivity index (χ0n) is 29.4. The van der Waals surface area contributed by atoms with Crippen molar-refractivity contribution in [3.63, 3.8) is 0 Å². The maximum absolute atomic E-state index is 15.1. The van der Waals surface area contributed by atoms with E-state index in [0.29, 0.717) is 16.8 Å². The highest BCUT2D eigenvalue weighted by Crippen LogP contribution is 2.33. The predicted molar refractivity (Wildman–Crippen MR) is 141 cm³/mol. The number of fused-ring (bicyclic) bond motifs is 1. The van der Waals surface area contributed by atoms with Gasteiger partial charge >= 0.3 is 0 Å². The van der Waals surface area contributed by atoms with Crippen LogP contribution in [0.5, 0.6) is 0 Å². The molecule has 3 aliphatic heterocycles. The summed E-state index contributed by atoms with van der Waals surface area (Å²) in [6.45, 7) is -5.05. The number of amides is 3. The minimum absolute atomic E-state index is 0.0867. The Hall–Kier alpha value is -3.30. The van der Waals surface area contributed by atoms with Gasteiger partial charge in [0.2, 0.25) is 11.8 Å². The smallest absolute Gasteiger partial charge is 0.255 e. The number of anilines is 1. The highest BCUT2D eigenvalue weighted by atomic mass is 19.1. The average Bonchev–Trinajstić information content (AvgIpc) is 3.29. The number of carbonyl (C=O) groups excluding carboxylic acids is 3. The van der Waals surface area contributed by atoms with Crippen molar-refractivity contribution in [2.75, 3.05) is 18.3 Å². The fraction of sp³-hybridized carbons (Fsp3) is 0.483. The van der Waals surface area contributed by atoms with Gasteiger partial charge in [-0.2, -0.15) is 0 Å². The van der Waals surface area contributed by atoms with Gasteiger partial charge in [-0.15, -0.1) is 0 Å². The molecule has 0 radical (unpaired) electrons. The molecule has 0 spiro atoms. The molecule has 3 amide bonds. The van der Waals surface area contributed by atoms with Gasteiger partial charge in [-0.25, -0.2) is 4.39 Å². The molecule has 3 aliphatic rings. The average molecular weight is 531 g/mol. The van der Waals surface area contributed by atoms with Crippen LogP contribution < -0.4 is 10.6 Å². The Balaban J connectivity index is 1.40. The van der Waals surface area contributed by atoms with Crippen LogP contribution in [-0.2, 0) is 34.0 Å². The van der Waals surface area contributed by atoms with Gasteiger partial charge in [0.15, 0.2) is 0 Å². The second-order valence-electron chi connectivity index (χ2n) is 10.3. The number of hydrogen-bond acceptors (Lipinski definition) is 6. The van der Waals surface area contributed by atoms with Gasteiger partial charge < -0.3 is 15.0 Å². The molecule has 0 bridgehead atoms. The summed E-state index contributed by atoms with van der Waals surface area (Å²) in [5, 5.41) is 5.22. The molecule has 202 valence electrons. The lowest BCUT2D eigenvalue weighted by molar-refractivity contribution is -0.182. The van der Waals surface area contributed by atoms with Crippen LogP contribution in [0.15, 0.2) is 36.4 Å². The maximum atomic E-state index is 15.1. The summed E-state index contributed by atoms with van der Waals surface area (Å²) < 4.78 is 88.5. The van der Waals surface area contributed by atoms with Crippen molar-refractivity contribution < 1.29 is 34.5 Å². The monoisotopic (exact) mass is 530 g/mol. The Morgan fingerprint density at radius 2 is 2.00 bits per heavy atom. The van der Waals surface area contributed by atoms with Crippen molar-refractivity contribution in [2.45, 2.75) is 77.3 Å². The third kappa shape index (κ3) is 5.44. The van der Waals surface area contributed by atoms with Crippen LogP contribution in [0.2, 0.25) is 0 Å². The summed E-state index contributed by atoms with van der Waals surface area (Å²) >= 11 is 0. The predicted octanol–water partition coefficient (Wildman–Crippen LogP) is 3.59. The first-order chi connectivity index (χ1) is 21.1. The molecule has 2 fully saturated rings. The van der Waals surface area contributed by atoms with Gasteiger partial charge in [0, 0.05) is 71.0 Å². The fourth-order valence-electron chi connectivity index (χ4n) is 5.06. The van der Waals surface area contributed by atoms with Crippen LogP contribution in [0, 0.1) is 5.82 Å².